The maximum absolute atomic E-state index is 12.1. The zero-order chi connectivity index (χ0) is 13.4. The molecule has 0 N–H and O–H groups in total. The number of nitrogens with zero attached hydrogens (tertiary/aromatic N) is 2. The lowest BCUT2D eigenvalue weighted by Gasteiger charge is -2.10. The van der Waals surface area contributed by atoms with Crippen LogP contribution in [0.3, 0.4) is 0 Å². The van der Waals surface area contributed by atoms with Gasteiger partial charge in [-0.15, -0.1) is 0 Å². The molecule has 3 nitrogen and oxygen atoms in total. The summed E-state index contributed by atoms with van der Waals surface area (Å²) in [7, 11) is 0. The van der Waals surface area contributed by atoms with Crippen LogP contribution in [0.2, 0.25) is 10.2 Å². The summed E-state index contributed by atoms with van der Waals surface area (Å²) in [5, 5.41) is 1.73. The first kappa shape index (κ1) is 12.2. The Morgan fingerprint density at radius 2 is 1.68 bits per heavy atom. The van der Waals surface area contributed by atoms with Crippen LogP contribution < -0.4 is 5.56 Å². The third kappa shape index (κ3) is 2.11. The molecule has 0 atom stereocenters. The van der Waals surface area contributed by atoms with E-state index in [9.17, 15) is 4.79 Å². The molecule has 0 unspecified atom stereocenters. The Bertz CT molecular complexity index is 810. The average Bonchev–Trinajstić information content (AvgIpc) is 2.40. The molecule has 0 amide bonds. The molecule has 1 aromatic carbocycles. The fourth-order valence-electron chi connectivity index (χ4n) is 1.99. The molecular formula is C14H8Cl2N2O. The normalized spacial score (nSPS) is 10.8. The van der Waals surface area contributed by atoms with Crippen molar-refractivity contribution in [2.45, 2.75) is 0 Å². The molecule has 0 aliphatic heterocycles. The molecule has 0 spiro atoms. The van der Waals surface area contributed by atoms with Crippen molar-refractivity contribution in [2.75, 3.05) is 0 Å². The first-order valence-electron chi connectivity index (χ1n) is 5.59. The molecule has 0 saturated heterocycles. The second-order valence-electron chi connectivity index (χ2n) is 4.02. The van der Waals surface area contributed by atoms with Gasteiger partial charge >= 0.3 is 0 Å². The van der Waals surface area contributed by atoms with Crippen LogP contribution in [0.1, 0.15) is 0 Å². The van der Waals surface area contributed by atoms with E-state index in [1.54, 1.807) is 47.2 Å². The number of rotatable bonds is 1. The summed E-state index contributed by atoms with van der Waals surface area (Å²) in [5.74, 6) is 0. The van der Waals surface area contributed by atoms with E-state index in [1.165, 1.54) is 6.07 Å². The molecule has 0 bridgehead atoms. The number of aromatic nitrogens is 2. The standard InChI is InChI=1S/C14H8Cl2N2O/c15-9-1-3-10(4-2-9)18-12-7-8-17-14(16)11(12)5-6-13(18)19/h1-8H. The summed E-state index contributed by atoms with van der Waals surface area (Å²) >= 11 is 11.9. The summed E-state index contributed by atoms with van der Waals surface area (Å²) in [6, 6.07) is 12.0. The van der Waals surface area contributed by atoms with Gasteiger partial charge in [0.25, 0.3) is 5.56 Å². The Kier molecular flexibility index (Phi) is 3.01. The molecule has 0 radical (unpaired) electrons. The minimum Gasteiger partial charge on any atom is -0.277 e. The van der Waals surface area contributed by atoms with E-state index < -0.39 is 0 Å². The highest BCUT2D eigenvalue weighted by atomic mass is 35.5. The van der Waals surface area contributed by atoms with E-state index >= 15 is 0 Å². The lowest BCUT2D eigenvalue weighted by molar-refractivity contribution is 1.04. The van der Waals surface area contributed by atoms with Crippen molar-refractivity contribution in [1.29, 1.82) is 0 Å². The summed E-state index contributed by atoms with van der Waals surface area (Å²) in [6.07, 6.45) is 1.58. The monoisotopic (exact) mass is 290 g/mol. The number of halogens is 2. The van der Waals surface area contributed by atoms with Crippen LogP contribution in [-0.4, -0.2) is 9.55 Å². The van der Waals surface area contributed by atoms with Gasteiger partial charge in [0.1, 0.15) is 5.15 Å². The highest BCUT2D eigenvalue weighted by molar-refractivity contribution is 6.34. The van der Waals surface area contributed by atoms with Crippen LogP contribution in [-0.2, 0) is 0 Å². The third-order valence-electron chi connectivity index (χ3n) is 2.86. The highest BCUT2D eigenvalue weighted by Gasteiger charge is 2.08. The Morgan fingerprint density at radius 1 is 0.947 bits per heavy atom. The lowest BCUT2D eigenvalue weighted by atomic mass is 10.2. The van der Waals surface area contributed by atoms with E-state index in [1.807, 2.05) is 0 Å². The van der Waals surface area contributed by atoms with Gasteiger partial charge in [0.15, 0.2) is 0 Å². The van der Waals surface area contributed by atoms with E-state index in [-0.39, 0.29) is 5.56 Å². The first-order valence-corrected chi connectivity index (χ1v) is 6.34. The van der Waals surface area contributed by atoms with Gasteiger partial charge in [0.05, 0.1) is 5.52 Å². The molecule has 0 aliphatic carbocycles. The second-order valence-corrected chi connectivity index (χ2v) is 4.81. The minimum absolute atomic E-state index is 0.128. The largest absolute Gasteiger partial charge is 0.277 e. The van der Waals surface area contributed by atoms with Crippen LogP contribution in [0.4, 0.5) is 0 Å². The molecule has 2 aromatic heterocycles. The fourth-order valence-corrected chi connectivity index (χ4v) is 2.33. The Labute approximate surface area is 119 Å². The van der Waals surface area contributed by atoms with E-state index in [2.05, 4.69) is 4.98 Å². The van der Waals surface area contributed by atoms with Crippen LogP contribution >= 0.6 is 23.2 Å². The topological polar surface area (TPSA) is 34.9 Å². The SMILES string of the molecule is O=c1ccc2c(Cl)nccc2n1-c1ccc(Cl)cc1. The van der Waals surface area contributed by atoms with Crippen molar-refractivity contribution >= 4 is 34.1 Å². The van der Waals surface area contributed by atoms with Gasteiger partial charge in [-0.05, 0) is 36.4 Å². The van der Waals surface area contributed by atoms with Crippen molar-refractivity contribution in [1.82, 2.24) is 9.55 Å². The minimum atomic E-state index is -0.128. The number of hydrogen-bond acceptors (Lipinski definition) is 2. The van der Waals surface area contributed by atoms with Gasteiger partial charge in [-0.25, -0.2) is 4.98 Å². The highest BCUT2D eigenvalue weighted by Crippen LogP contribution is 2.22. The maximum atomic E-state index is 12.1. The van der Waals surface area contributed by atoms with Crippen molar-refractivity contribution in [2.24, 2.45) is 0 Å². The molecule has 2 heterocycles. The van der Waals surface area contributed by atoms with Crippen molar-refractivity contribution in [3.8, 4) is 5.69 Å². The summed E-state index contributed by atoms with van der Waals surface area (Å²) < 4.78 is 1.58. The van der Waals surface area contributed by atoms with Gasteiger partial charge in [0, 0.05) is 28.4 Å². The Hall–Kier alpha value is -1.84. The van der Waals surface area contributed by atoms with Gasteiger partial charge in [0.2, 0.25) is 0 Å². The zero-order valence-electron chi connectivity index (χ0n) is 9.68. The summed E-state index contributed by atoms with van der Waals surface area (Å²) in [6.45, 7) is 0. The van der Waals surface area contributed by atoms with Gasteiger partial charge in [-0.3, -0.25) is 9.36 Å². The van der Waals surface area contributed by atoms with Crippen molar-refractivity contribution in [3.05, 3.63) is 69.2 Å². The van der Waals surface area contributed by atoms with Crippen LogP contribution in [0.15, 0.2) is 53.5 Å². The molecule has 3 rings (SSSR count). The predicted octanol–water partition coefficient (Wildman–Crippen LogP) is 3.69. The first-order chi connectivity index (χ1) is 9.16. The molecule has 0 saturated carbocycles. The summed E-state index contributed by atoms with van der Waals surface area (Å²) in [5.41, 5.74) is 1.33. The molecule has 5 heteroatoms. The Balaban J connectivity index is 2.40. The van der Waals surface area contributed by atoms with Crippen LogP contribution in [0, 0.1) is 0 Å². The number of fused-ring (bicyclic) bond motifs is 1. The van der Waals surface area contributed by atoms with Gasteiger partial charge in [-0.1, -0.05) is 23.2 Å². The summed E-state index contributed by atoms with van der Waals surface area (Å²) in [4.78, 5) is 16.1. The number of pyridine rings is 2. The molecule has 19 heavy (non-hydrogen) atoms. The van der Waals surface area contributed by atoms with E-state index in [0.717, 1.165) is 16.6 Å². The zero-order valence-corrected chi connectivity index (χ0v) is 11.2. The second kappa shape index (κ2) is 4.68. The van der Waals surface area contributed by atoms with Gasteiger partial charge < -0.3 is 0 Å². The molecular weight excluding hydrogens is 283 g/mol. The maximum Gasteiger partial charge on any atom is 0.255 e. The van der Waals surface area contributed by atoms with Crippen molar-refractivity contribution in [3.63, 3.8) is 0 Å². The third-order valence-corrected chi connectivity index (χ3v) is 3.41. The van der Waals surface area contributed by atoms with E-state index in [0.29, 0.717) is 10.2 Å². The smallest absolute Gasteiger partial charge is 0.255 e. The van der Waals surface area contributed by atoms with Crippen LogP contribution in [0.25, 0.3) is 16.6 Å². The fraction of sp³-hybridized carbons (Fsp3) is 0. The van der Waals surface area contributed by atoms with Crippen LogP contribution in [0.5, 0.6) is 0 Å². The average molecular weight is 291 g/mol. The lowest BCUT2D eigenvalue weighted by Crippen LogP contribution is -2.17. The molecule has 0 aliphatic rings. The van der Waals surface area contributed by atoms with E-state index in [4.69, 9.17) is 23.2 Å². The molecule has 0 fully saturated rings. The van der Waals surface area contributed by atoms with Gasteiger partial charge in [-0.2, -0.15) is 0 Å². The number of hydrogen-bond donors (Lipinski definition) is 0. The molecule has 3 aromatic rings. The Morgan fingerprint density at radius 3 is 2.42 bits per heavy atom. The predicted molar refractivity (Wildman–Crippen MR) is 77.4 cm³/mol. The quantitative estimate of drug-likeness (QED) is 0.641. The number of benzene rings is 1. The van der Waals surface area contributed by atoms with Crippen molar-refractivity contribution < 1.29 is 0 Å². The molecule has 94 valence electrons.